The van der Waals surface area contributed by atoms with Crippen molar-refractivity contribution in [1.29, 1.82) is 0 Å². The predicted molar refractivity (Wildman–Crippen MR) is 182 cm³/mol. The summed E-state index contributed by atoms with van der Waals surface area (Å²) in [5.74, 6) is 0.00269. The minimum Gasteiger partial charge on any atom is -0.484 e. The van der Waals surface area contributed by atoms with Crippen LogP contribution in [0.2, 0.25) is 0 Å². The van der Waals surface area contributed by atoms with Gasteiger partial charge in [-0.05, 0) is 110 Å². The van der Waals surface area contributed by atoms with E-state index in [0.29, 0.717) is 22.1 Å². The van der Waals surface area contributed by atoms with E-state index in [9.17, 15) is 9.59 Å². The molecule has 232 valence electrons. The number of amides is 1. The van der Waals surface area contributed by atoms with Crippen LogP contribution in [0.1, 0.15) is 45.1 Å². The summed E-state index contributed by atoms with van der Waals surface area (Å²) < 4.78 is 12.6. The third kappa shape index (κ3) is 6.20. The summed E-state index contributed by atoms with van der Waals surface area (Å²) in [5.41, 5.74) is 6.95. The van der Waals surface area contributed by atoms with Gasteiger partial charge in [0, 0.05) is 34.6 Å². The van der Waals surface area contributed by atoms with E-state index in [-0.39, 0.29) is 30.6 Å². The first-order chi connectivity index (χ1) is 22.3. The van der Waals surface area contributed by atoms with Gasteiger partial charge in [0.15, 0.2) is 11.7 Å². The number of anilines is 2. The second-order valence-corrected chi connectivity index (χ2v) is 11.3. The van der Waals surface area contributed by atoms with Crippen molar-refractivity contribution in [2.45, 2.75) is 25.9 Å². The standard InChI is InChI=1S/C36H33N5O4S/c1-23-21-30(24(2)40(23)27-16-12-25(13-17-27)35(43)44-3)34-33(31-11-7-8-20-37-31)39-36(46)41(34)28-18-14-26(15-19-28)38-32(42)22-45-29-9-5-4-6-10-29/h4-21,33-34H,22H2,1-3H3,(H,38,42)(H,39,46)/t33-,34+/m1/s1. The number of aryl methyl sites for hydroxylation is 1. The van der Waals surface area contributed by atoms with E-state index in [1.165, 1.54) is 7.11 Å². The van der Waals surface area contributed by atoms with Gasteiger partial charge in [0.05, 0.1) is 30.5 Å². The Morgan fingerprint density at radius 2 is 1.61 bits per heavy atom. The van der Waals surface area contributed by atoms with Crippen molar-refractivity contribution in [1.82, 2.24) is 14.9 Å². The molecule has 1 aliphatic heterocycles. The monoisotopic (exact) mass is 631 g/mol. The molecule has 0 saturated carbocycles. The SMILES string of the molecule is COC(=O)c1ccc(-n2c(C)cc([C@H]3[C@@H](c4ccccn4)NC(=S)N3c3ccc(NC(=O)COc4ccccc4)cc3)c2C)cc1. The molecule has 2 aromatic heterocycles. The predicted octanol–water partition coefficient (Wildman–Crippen LogP) is 6.47. The van der Waals surface area contributed by atoms with Gasteiger partial charge < -0.3 is 29.6 Å². The number of pyridine rings is 1. The molecule has 0 unspecified atom stereocenters. The number of para-hydroxylation sites is 1. The zero-order valence-corrected chi connectivity index (χ0v) is 26.5. The van der Waals surface area contributed by atoms with Crippen LogP contribution < -0.4 is 20.3 Å². The number of hydrogen-bond donors (Lipinski definition) is 2. The molecule has 1 amide bonds. The fourth-order valence-electron chi connectivity index (χ4n) is 5.87. The van der Waals surface area contributed by atoms with E-state index in [0.717, 1.165) is 34.0 Å². The maximum atomic E-state index is 12.6. The Balaban J connectivity index is 1.30. The second kappa shape index (κ2) is 13.3. The number of benzene rings is 3. The van der Waals surface area contributed by atoms with E-state index in [1.807, 2.05) is 84.9 Å². The number of methoxy groups -OCH3 is 1. The third-order valence-electron chi connectivity index (χ3n) is 7.98. The molecule has 0 aliphatic carbocycles. The Labute approximate surface area is 272 Å². The number of carbonyl (C=O) groups is 2. The zero-order valence-electron chi connectivity index (χ0n) is 25.6. The lowest BCUT2D eigenvalue weighted by Crippen LogP contribution is -2.29. The molecule has 6 rings (SSSR count). The van der Waals surface area contributed by atoms with Crippen LogP contribution in [0.25, 0.3) is 5.69 Å². The minimum atomic E-state index is -0.376. The topological polar surface area (TPSA) is 97.7 Å². The van der Waals surface area contributed by atoms with Gasteiger partial charge in [0.2, 0.25) is 0 Å². The molecule has 5 aromatic rings. The Hall–Kier alpha value is -5.48. The minimum absolute atomic E-state index is 0.0965. The second-order valence-electron chi connectivity index (χ2n) is 10.9. The first-order valence-electron chi connectivity index (χ1n) is 14.8. The molecule has 9 nitrogen and oxygen atoms in total. The van der Waals surface area contributed by atoms with E-state index in [4.69, 9.17) is 21.7 Å². The first-order valence-corrected chi connectivity index (χ1v) is 15.2. The lowest BCUT2D eigenvalue weighted by Gasteiger charge is -2.28. The van der Waals surface area contributed by atoms with Crippen LogP contribution in [0.3, 0.4) is 0 Å². The van der Waals surface area contributed by atoms with Gasteiger partial charge in [-0.1, -0.05) is 24.3 Å². The number of rotatable bonds is 9. The van der Waals surface area contributed by atoms with Crippen LogP contribution >= 0.6 is 12.2 Å². The van der Waals surface area contributed by atoms with Crippen molar-refractivity contribution in [3.05, 3.63) is 138 Å². The summed E-state index contributed by atoms with van der Waals surface area (Å²) in [7, 11) is 1.37. The maximum absolute atomic E-state index is 12.6. The molecule has 3 heterocycles. The highest BCUT2D eigenvalue weighted by Gasteiger charge is 2.42. The van der Waals surface area contributed by atoms with Crippen molar-refractivity contribution >= 4 is 40.6 Å². The van der Waals surface area contributed by atoms with Crippen molar-refractivity contribution in [3.8, 4) is 11.4 Å². The first kappa shape index (κ1) is 30.5. The molecule has 1 saturated heterocycles. The molecule has 2 atom stereocenters. The number of nitrogens with one attached hydrogen (secondary N) is 2. The lowest BCUT2D eigenvalue weighted by molar-refractivity contribution is -0.118. The third-order valence-corrected chi connectivity index (χ3v) is 8.29. The molecule has 46 heavy (non-hydrogen) atoms. The summed E-state index contributed by atoms with van der Waals surface area (Å²) in [5, 5.41) is 6.98. The summed E-state index contributed by atoms with van der Waals surface area (Å²) in [6, 6.07) is 31.8. The molecular weight excluding hydrogens is 598 g/mol. The smallest absolute Gasteiger partial charge is 0.337 e. The molecule has 0 spiro atoms. The van der Waals surface area contributed by atoms with Gasteiger partial charge >= 0.3 is 5.97 Å². The average molecular weight is 632 g/mol. The Bertz CT molecular complexity index is 1860. The van der Waals surface area contributed by atoms with E-state index in [2.05, 4.69) is 45.0 Å². The number of ether oxygens (including phenoxy) is 2. The number of hydrogen-bond acceptors (Lipinski definition) is 6. The molecule has 3 aromatic carbocycles. The van der Waals surface area contributed by atoms with Crippen LogP contribution in [0, 0.1) is 13.8 Å². The summed E-state index contributed by atoms with van der Waals surface area (Å²) in [6.45, 7) is 4.05. The number of nitrogens with zero attached hydrogens (tertiary/aromatic N) is 3. The Morgan fingerprint density at radius 3 is 2.28 bits per heavy atom. The maximum Gasteiger partial charge on any atom is 0.337 e. The molecule has 0 bridgehead atoms. The number of thiocarbonyl (C=S) groups is 1. The molecule has 1 fully saturated rings. The lowest BCUT2D eigenvalue weighted by atomic mass is 9.96. The van der Waals surface area contributed by atoms with Gasteiger partial charge in [-0.25, -0.2) is 4.79 Å². The fraction of sp³-hybridized carbons (Fsp3) is 0.167. The van der Waals surface area contributed by atoms with Crippen molar-refractivity contribution < 1.29 is 19.1 Å². The Kier molecular flexibility index (Phi) is 8.80. The normalized spacial score (nSPS) is 15.7. The molecule has 0 radical (unpaired) electrons. The highest BCUT2D eigenvalue weighted by molar-refractivity contribution is 7.80. The zero-order chi connectivity index (χ0) is 32.2. The average Bonchev–Trinajstić information content (AvgIpc) is 3.59. The highest BCUT2D eigenvalue weighted by Crippen LogP contribution is 2.44. The van der Waals surface area contributed by atoms with E-state index < -0.39 is 0 Å². The summed E-state index contributed by atoms with van der Waals surface area (Å²) >= 11 is 5.94. The highest BCUT2D eigenvalue weighted by atomic mass is 32.1. The van der Waals surface area contributed by atoms with E-state index >= 15 is 0 Å². The fourth-order valence-corrected chi connectivity index (χ4v) is 6.21. The van der Waals surface area contributed by atoms with Gasteiger partial charge in [-0.15, -0.1) is 0 Å². The van der Waals surface area contributed by atoms with Crippen LogP contribution in [0.4, 0.5) is 11.4 Å². The molecular formula is C36H33N5O4S. The number of esters is 1. The number of carbonyl (C=O) groups excluding carboxylic acids is 2. The van der Waals surface area contributed by atoms with Crippen molar-refractivity contribution in [2.24, 2.45) is 0 Å². The van der Waals surface area contributed by atoms with Crippen molar-refractivity contribution in [3.63, 3.8) is 0 Å². The van der Waals surface area contributed by atoms with Crippen molar-refractivity contribution in [2.75, 3.05) is 23.9 Å². The summed E-state index contributed by atoms with van der Waals surface area (Å²) in [4.78, 5) is 31.4. The van der Waals surface area contributed by atoms with Crippen LogP contribution in [0.15, 0.2) is 109 Å². The van der Waals surface area contributed by atoms with Gasteiger partial charge in [-0.2, -0.15) is 0 Å². The molecule has 2 N–H and O–H groups in total. The van der Waals surface area contributed by atoms with Crippen LogP contribution in [-0.2, 0) is 9.53 Å². The summed E-state index contributed by atoms with van der Waals surface area (Å²) in [6.07, 6.45) is 1.78. The van der Waals surface area contributed by atoms with Crippen LogP contribution in [0.5, 0.6) is 5.75 Å². The number of aromatic nitrogens is 2. The van der Waals surface area contributed by atoms with Gasteiger partial charge in [-0.3, -0.25) is 9.78 Å². The van der Waals surface area contributed by atoms with E-state index in [1.54, 1.807) is 18.3 Å². The van der Waals surface area contributed by atoms with Gasteiger partial charge in [0.25, 0.3) is 5.91 Å². The Morgan fingerprint density at radius 1 is 0.913 bits per heavy atom. The quantitative estimate of drug-likeness (QED) is 0.141. The van der Waals surface area contributed by atoms with Crippen LogP contribution in [-0.4, -0.2) is 40.3 Å². The largest absolute Gasteiger partial charge is 0.484 e. The molecule has 1 aliphatic rings. The van der Waals surface area contributed by atoms with Gasteiger partial charge in [0.1, 0.15) is 5.75 Å². The molecule has 10 heteroatoms.